The van der Waals surface area contributed by atoms with Crippen molar-refractivity contribution in [2.24, 2.45) is 16.9 Å². The minimum Gasteiger partial charge on any atom is -0.378 e. The summed E-state index contributed by atoms with van der Waals surface area (Å²) < 4.78 is 0. The van der Waals surface area contributed by atoms with Crippen molar-refractivity contribution in [3.8, 4) is 11.8 Å². The van der Waals surface area contributed by atoms with E-state index in [9.17, 15) is 5.11 Å². The Morgan fingerprint density at radius 3 is 2.71 bits per heavy atom. The second-order valence-electron chi connectivity index (χ2n) is 5.53. The third-order valence-electron chi connectivity index (χ3n) is 3.23. The summed E-state index contributed by atoms with van der Waals surface area (Å²) in [6.45, 7) is 9.54. The van der Waals surface area contributed by atoms with E-state index >= 15 is 0 Å². The standard InChI is InChI=1S/C13H23N3O/c1-10-9-16(7-5-6-13(3,4)17)11(2)8-12(10)15-14/h10-11,17H,7-9,14H2,1-4H3/p+1/t10-,11+/m0/s1. The third-order valence-corrected chi connectivity index (χ3v) is 3.23. The Labute approximate surface area is 104 Å². The van der Waals surface area contributed by atoms with Crippen LogP contribution in [0.5, 0.6) is 0 Å². The van der Waals surface area contributed by atoms with Gasteiger partial charge >= 0.3 is 0 Å². The summed E-state index contributed by atoms with van der Waals surface area (Å²) in [6.07, 6.45) is 0.942. The molecule has 1 heterocycles. The topological polar surface area (TPSA) is 63.0 Å². The molecule has 1 aliphatic rings. The van der Waals surface area contributed by atoms with Crippen LogP contribution in [0.2, 0.25) is 0 Å². The van der Waals surface area contributed by atoms with Gasteiger partial charge in [-0.1, -0.05) is 12.8 Å². The molecule has 1 rings (SSSR count). The summed E-state index contributed by atoms with van der Waals surface area (Å²) in [6, 6.07) is 0.490. The summed E-state index contributed by atoms with van der Waals surface area (Å²) >= 11 is 0. The minimum absolute atomic E-state index is 0.426. The quantitative estimate of drug-likeness (QED) is 0.324. The molecule has 1 fully saturated rings. The highest BCUT2D eigenvalue weighted by molar-refractivity contribution is 5.87. The molecule has 4 nitrogen and oxygen atoms in total. The SMILES string of the molecule is C[C@@H]1CC(=NN)[C@@H](C)C[NH+]1CC#CC(C)(C)O. The predicted octanol–water partition coefficient (Wildman–Crippen LogP) is -0.611. The largest absolute Gasteiger partial charge is 0.378 e. The van der Waals surface area contributed by atoms with Crippen LogP contribution in [-0.2, 0) is 0 Å². The van der Waals surface area contributed by atoms with Crippen molar-refractivity contribution in [1.82, 2.24) is 0 Å². The Morgan fingerprint density at radius 2 is 2.18 bits per heavy atom. The first kappa shape index (κ1) is 14.0. The van der Waals surface area contributed by atoms with Crippen LogP contribution in [-0.4, -0.2) is 35.6 Å². The van der Waals surface area contributed by atoms with Crippen LogP contribution < -0.4 is 10.7 Å². The number of likely N-dealkylation sites (tertiary alicyclic amines) is 1. The first-order valence-corrected chi connectivity index (χ1v) is 6.17. The van der Waals surface area contributed by atoms with Crippen LogP contribution in [0.1, 0.15) is 34.1 Å². The van der Waals surface area contributed by atoms with E-state index in [-0.39, 0.29) is 0 Å². The van der Waals surface area contributed by atoms with Crippen molar-refractivity contribution >= 4 is 5.71 Å². The van der Waals surface area contributed by atoms with Crippen molar-refractivity contribution in [2.75, 3.05) is 13.1 Å². The van der Waals surface area contributed by atoms with E-state index in [1.807, 2.05) is 0 Å². The zero-order valence-electron chi connectivity index (χ0n) is 11.2. The molecule has 3 atom stereocenters. The Balaban J connectivity index is 2.58. The number of quaternary nitrogens is 1. The van der Waals surface area contributed by atoms with Gasteiger partial charge in [0.05, 0.1) is 18.3 Å². The van der Waals surface area contributed by atoms with Gasteiger partial charge in [-0.3, -0.25) is 0 Å². The summed E-state index contributed by atoms with van der Waals surface area (Å²) in [7, 11) is 0. The number of hydrazone groups is 1. The maximum Gasteiger partial charge on any atom is 0.139 e. The summed E-state index contributed by atoms with van der Waals surface area (Å²) in [5.41, 5.74) is 0.213. The molecule has 4 N–H and O–H groups in total. The summed E-state index contributed by atoms with van der Waals surface area (Å²) in [5.74, 6) is 11.7. The molecule has 4 heteroatoms. The number of hydrogen-bond donors (Lipinski definition) is 3. The molecule has 0 bridgehead atoms. The third kappa shape index (κ3) is 4.37. The number of hydrogen-bond acceptors (Lipinski definition) is 3. The zero-order valence-corrected chi connectivity index (χ0v) is 11.2. The molecule has 1 aliphatic heterocycles. The van der Waals surface area contributed by atoms with E-state index in [0.717, 1.165) is 25.2 Å². The van der Waals surface area contributed by atoms with Crippen molar-refractivity contribution in [3.63, 3.8) is 0 Å². The average Bonchev–Trinajstić information content (AvgIpc) is 2.20. The Kier molecular flexibility index (Phi) is 4.55. The maximum absolute atomic E-state index is 9.53. The highest BCUT2D eigenvalue weighted by atomic mass is 16.3. The lowest BCUT2D eigenvalue weighted by molar-refractivity contribution is -0.920. The average molecular weight is 238 g/mol. The van der Waals surface area contributed by atoms with Crippen molar-refractivity contribution < 1.29 is 10.0 Å². The van der Waals surface area contributed by atoms with Gasteiger partial charge in [-0.15, -0.1) is 0 Å². The summed E-state index contributed by atoms with van der Waals surface area (Å²) in [4.78, 5) is 1.45. The lowest BCUT2D eigenvalue weighted by Gasteiger charge is -2.33. The van der Waals surface area contributed by atoms with E-state index in [4.69, 9.17) is 5.84 Å². The van der Waals surface area contributed by atoms with Crippen LogP contribution in [0.3, 0.4) is 0 Å². The van der Waals surface area contributed by atoms with Gasteiger partial charge in [0.2, 0.25) is 0 Å². The van der Waals surface area contributed by atoms with Crippen LogP contribution in [0.15, 0.2) is 5.10 Å². The van der Waals surface area contributed by atoms with Gasteiger partial charge in [0.1, 0.15) is 12.1 Å². The molecule has 96 valence electrons. The lowest BCUT2D eigenvalue weighted by atomic mass is 9.93. The monoisotopic (exact) mass is 238 g/mol. The molecular weight excluding hydrogens is 214 g/mol. The van der Waals surface area contributed by atoms with Crippen molar-refractivity contribution in [1.29, 1.82) is 0 Å². The molecule has 17 heavy (non-hydrogen) atoms. The highest BCUT2D eigenvalue weighted by Crippen LogP contribution is 2.07. The zero-order chi connectivity index (χ0) is 13.1. The summed E-state index contributed by atoms with van der Waals surface area (Å²) in [5, 5.41) is 13.4. The predicted molar refractivity (Wildman–Crippen MR) is 69.6 cm³/mol. The molecule has 1 saturated heterocycles. The number of nitrogens with two attached hydrogens (primary N) is 1. The normalized spacial score (nSPS) is 32.1. The molecule has 0 amide bonds. The number of aliphatic hydroxyl groups is 1. The van der Waals surface area contributed by atoms with E-state index in [1.54, 1.807) is 13.8 Å². The maximum atomic E-state index is 9.53. The van der Waals surface area contributed by atoms with E-state index in [1.165, 1.54) is 4.90 Å². The van der Waals surface area contributed by atoms with Gasteiger partial charge in [-0.25, -0.2) is 0 Å². The van der Waals surface area contributed by atoms with Gasteiger partial charge in [0.25, 0.3) is 0 Å². The number of rotatable bonds is 1. The van der Waals surface area contributed by atoms with Crippen molar-refractivity contribution in [3.05, 3.63) is 0 Å². The number of nitrogens with zero attached hydrogens (tertiary/aromatic N) is 1. The van der Waals surface area contributed by atoms with Crippen LogP contribution in [0.4, 0.5) is 0 Å². The fourth-order valence-corrected chi connectivity index (χ4v) is 2.17. The molecule has 0 aromatic carbocycles. The van der Waals surface area contributed by atoms with Gasteiger partial charge in [-0.2, -0.15) is 5.10 Å². The molecule has 0 spiro atoms. The number of piperidine rings is 1. The highest BCUT2D eigenvalue weighted by Gasteiger charge is 2.30. The molecule has 0 radical (unpaired) electrons. The fraction of sp³-hybridized carbons (Fsp3) is 0.769. The second kappa shape index (κ2) is 5.52. The smallest absolute Gasteiger partial charge is 0.139 e. The van der Waals surface area contributed by atoms with Crippen molar-refractivity contribution in [2.45, 2.75) is 45.8 Å². The number of nitrogens with one attached hydrogen (secondary N) is 1. The molecule has 0 aliphatic carbocycles. The first-order chi connectivity index (χ1) is 7.83. The first-order valence-electron chi connectivity index (χ1n) is 6.17. The van der Waals surface area contributed by atoms with Gasteiger partial charge in [0.15, 0.2) is 0 Å². The van der Waals surface area contributed by atoms with Crippen LogP contribution >= 0.6 is 0 Å². The van der Waals surface area contributed by atoms with Gasteiger partial charge in [0, 0.05) is 12.3 Å². The lowest BCUT2D eigenvalue weighted by Crippen LogP contribution is -3.17. The molecule has 0 saturated carbocycles. The van der Waals surface area contributed by atoms with Gasteiger partial charge in [-0.05, 0) is 26.7 Å². The van der Waals surface area contributed by atoms with Crippen LogP contribution in [0, 0.1) is 17.8 Å². The van der Waals surface area contributed by atoms with Gasteiger partial charge < -0.3 is 15.8 Å². The Hall–Kier alpha value is -1.05. The van der Waals surface area contributed by atoms with E-state index in [2.05, 4.69) is 30.8 Å². The minimum atomic E-state index is -0.895. The second-order valence-corrected chi connectivity index (χ2v) is 5.53. The Bertz CT molecular complexity index is 346. The molecule has 0 aromatic rings. The van der Waals surface area contributed by atoms with E-state index < -0.39 is 5.60 Å². The molecular formula is C13H24N3O+. The fourth-order valence-electron chi connectivity index (χ4n) is 2.17. The van der Waals surface area contributed by atoms with Crippen LogP contribution in [0.25, 0.3) is 0 Å². The molecule has 1 unspecified atom stereocenters. The Morgan fingerprint density at radius 1 is 1.53 bits per heavy atom. The van der Waals surface area contributed by atoms with E-state index in [0.29, 0.717) is 12.0 Å². The molecule has 0 aromatic heterocycles.